The summed E-state index contributed by atoms with van der Waals surface area (Å²) in [6.45, 7) is 12.7. The number of nitrogens with zero attached hydrogens (tertiary/aromatic N) is 3. The molecule has 140 valence electrons. The van der Waals surface area contributed by atoms with Gasteiger partial charge in [0.05, 0.1) is 0 Å². The van der Waals surface area contributed by atoms with Crippen LogP contribution in [0.4, 0.5) is 0 Å². The van der Waals surface area contributed by atoms with Gasteiger partial charge in [0, 0.05) is 26.2 Å². The molecule has 2 saturated heterocycles. The number of hydrogen-bond acceptors (Lipinski definition) is 2. The normalized spacial score (nSPS) is 24.8. The first kappa shape index (κ1) is 20.3. The van der Waals surface area contributed by atoms with Crippen LogP contribution in [-0.2, 0) is 0 Å². The highest BCUT2D eigenvalue weighted by Gasteiger charge is 2.43. The quantitative estimate of drug-likeness (QED) is 0.397. The van der Waals surface area contributed by atoms with Gasteiger partial charge in [0.15, 0.2) is 5.96 Å². The van der Waals surface area contributed by atoms with E-state index in [9.17, 15) is 0 Å². The number of aliphatic imine (C=N–C) groups is 1. The van der Waals surface area contributed by atoms with Gasteiger partial charge in [-0.15, -0.1) is 24.0 Å². The average Bonchev–Trinajstić information content (AvgIpc) is 2.99. The summed E-state index contributed by atoms with van der Waals surface area (Å²) >= 11 is 0. The first-order valence-corrected chi connectivity index (χ1v) is 10.0. The Hall–Kier alpha value is -0.0400. The summed E-state index contributed by atoms with van der Waals surface area (Å²) in [7, 11) is 0. The highest BCUT2D eigenvalue weighted by Crippen LogP contribution is 2.47. The number of halogens is 1. The summed E-state index contributed by atoms with van der Waals surface area (Å²) in [5.74, 6) is 1.98. The van der Waals surface area contributed by atoms with Gasteiger partial charge in [0.1, 0.15) is 0 Å². The first-order valence-electron chi connectivity index (χ1n) is 10.0. The van der Waals surface area contributed by atoms with Crippen molar-refractivity contribution in [1.82, 2.24) is 15.1 Å². The molecule has 24 heavy (non-hydrogen) atoms. The van der Waals surface area contributed by atoms with Crippen LogP contribution >= 0.6 is 24.0 Å². The molecule has 1 spiro atoms. The van der Waals surface area contributed by atoms with Crippen LogP contribution < -0.4 is 5.32 Å². The standard InChI is InChI=1S/C19H36N4.HI/c1-3-11-22-12-6-17(7-13-22)15-21-18(20-4-2)23-14-10-19(16-23)8-5-9-19;/h17H,3-16H2,1-2H3,(H,20,21);1H. The van der Waals surface area contributed by atoms with E-state index in [-0.39, 0.29) is 24.0 Å². The Kier molecular flexibility index (Phi) is 8.11. The number of rotatable bonds is 5. The van der Waals surface area contributed by atoms with Crippen LogP contribution in [0.2, 0.25) is 0 Å². The Morgan fingerprint density at radius 2 is 1.88 bits per heavy atom. The van der Waals surface area contributed by atoms with Crippen LogP contribution in [0, 0.1) is 11.3 Å². The lowest BCUT2D eigenvalue weighted by Crippen LogP contribution is -2.43. The summed E-state index contributed by atoms with van der Waals surface area (Å²) in [6.07, 6.45) is 9.64. The van der Waals surface area contributed by atoms with Gasteiger partial charge in [-0.05, 0) is 76.4 Å². The molecular weight excluding hydrogens is 411 g/mol. The molecule has 3 rings (SSSR count). The molecule has 0 radical (unpaired) electrons. The molecule has 5 heteroatoms. The molecule has 1 saturated carbocycles. The molecule has 0 aromatic carbocycles. The van der Waals surface area contributed by atoms with E-state index in [2.05, 4.69) is 29.0 Å². The zero-order valence-electron chi connectivity index (χ0n) is 15.7. The molecule has 3 fully saturated rings. The summed E-state index contributed by atoms with van der Waals surface area (Å²) in [5, 5.41) is 3.54. The maximum atomic E-state index is 5.03. The van der Waals surface area contributed by atoms with Gasteiger partial charge in [-0.2, -0.15) is 0 Å². The molecule has 4 nitrogen and oxygen atoms in total. The van der Waals surface area contributed by atoms with E-state index in [0.29, 0.717) is 5.41 Å². The number of likely N-dealkylation sites (tertiary alicyclic amines) is 2. The van der Waals surface area contributed by atoms with Crippen LogP contribution in [0.25, 0.3) is 0 Å². The first-order chi connectivity index (χ1) is 11.2. The summed E-state index contributed by atoms with van der Waals surface area (Å²) < 4.78 is 0. The number of guanidine groups is 1. The largest absolute Gasteiger partial charge is 0.357 e. The minimum absolute atomic E-state index is 0. The van der Waals surface area contributed by atoms with Gasteiger partial charge in [0.2, 0.25) is 0 Å². The SMILES string of the molecule is CCCN1CCC(CN=C(NCC)N2CCC3(CCC3)C2)CC1.I. The molecular formula is C19H37IN4. The number of hydrogen-bond donors (Lipinski definition) is 1. The zero-order chi connectivity index (χ0) is 16.1. The molecule has 2 heterocycles. The predicted octanol–water partition coefficient (Wildman–Crippen LogP) is 3.57. The Labute approximate surface area is 165 Å². The predicted molar refractivity (Wildman–Crippen MR) is 113 cm³/mol. The average molecular weight is 448 g/mol. The van der Waals surface area contributed by atoms with E-state index in [0.717, 1.165) is 19.0 Å². The van der Waals surface area contributed by atoms with E-state index in [4.69, 9.17) is 4.99 Å². The fraction of sp³-hybridized carbons (Fsp3) is 0.947. The third-order valence-electron chi connectivity index (χ3n) is 6.23. The fourth-order valence-corrected chi connectivity index (χ4v) is 4.55. The second kappa shape index (κ2) is 9.60. The summed E-state index contributed by atoms with van der Waals surface area (Å²) in [5.41, 5.74) is 0.654. The van der Waals surface area contributed by atoms with Crippen LogP contribution in [-0.4, -0.2) is 61.6 Å². The lowest BCUT2D eigenvalue weighted by atomic mass is 9.68. The summed E-state index contributed by atoms with van der Waals surface area (Å²) in [4.78, 5) is 10.2. The van der Waals surface area contributed by atoms with E-state index in [1.165, 1.54) is 83.6 Å². The molecule has 2 aliphatic heterocycles. The van der Waals surface area contributed by atoms with Crippen LogP contribution in [0.3, 0.4) is 0 Å². The van der Waals surface area contributed by atoms with Crippen molar-refractivity contribution in [2.45, 2.75) is 58.8 Å². The van der Waals surface area contributed by atoms with Crippen molar-refractivity contribution in [3.8, 4) is 0 Å². The molecule has 0 aromatic heterocycles. The molecule has 0 unspecified atom stereocenters. The van der Waals surface area contributed by atoms with Crippen molar-refractivity contribution in [3.05, 3.63) is 0 Å². The highest BCUT2D eigenvalue weighted by molar-refractivity contribution is 14.0. The summed E-state index contributed by atoms with van der Waals surface area (Å²) in [6, 6.07) is 0. The van der Waals surface area contributed by atoms with Crippen molar-refractivity contribution < 1.29 is 0 Å². The fourth-order valence-electron chi connectivity index (χ4n) is 4.55. The van der Waals surface area contributed by atoms with Crippen molar-refractivity contribution >= 4 is 29.9 Å². The van der Waals surface area contributed by atoms with Gasteiger partial charge in [-0.3, -0.25) is 4.99 Å². The van der Waals surface area contributed by atoms with Crippen molar-refractivity contribution in [2.75, 3.05) is 45.8 Å². The van der Waals surface area contributed by atoms with E-state index in [1.54, 1.807) is 0 Å². The lowest BCUT2D eigenvalue weighted by Gasteiger charge is -2.38. The highest BCUT2D eigenvalue weighted by atomic mass is 127. The van der Waals surface area contributed by atoms with E-state index in [1.807, 2.05) is 0 Å². The monoisotopic (exact) mass is 448 g/mol. The lowest BCUT2D eigenvalue weighted by molar-refractivity contribution is 0.151. The van der Waals surface area contributed by atoms with Crippen LogP contribution in [0.1, 0.15) is 58.8 Å². The smallest absolute Gasteiger partial charge is 0.193 e. The Morgan fingerprint density at radius 1 is 1.12 bits per heavy atom. The number of nitrogens with one attached hydrogen (secondary N) is 1. The maximum Gasteiger partial charge on any atom is 0.193 e. The molecule has 1 aliphatic carbocycles. The van der Waals surface area contributed by atoms with Gasteiger partial charge in [-0.25, -0.2) is 0 Å². The maximum absolute atomic E-state index is 5.03. The zero-order valence-corrected chi connectivity index (χ0v) is 18.1. The third kappa shape index (κ3) is 4.99. The molecule has 0 amide bonds. The van der Waals surface area contributed by atoms with Gasteiger partial charge >= 0.3 is 0 Å². The minimum Gasteiger partial charge on any atom is -0.357 e. The topological polar surface area (TPSA) is 30.9 Å². The molecule has 0 bridgehead atoms. The Balaban J connectivity index is 0.00000208. The van der Waals surface area contributed by atoms with Gasteiger partial charge in [-0.1, -0.05) is 13.3 Å². The molecule has 1 N–H and O–H groups in total. The molecule has 0 atom stereocenters. The Morgan fingerprint density at radius 3 is 2.42 bits per heavy atom. The van der Waals surface area contributed by atoms with E-state index >= 15 is 0 Å². The van der Waals surface area contributed by atoms with Crippen LogP contribution in [0.15, 0.2) is 4.99 Å². The minimum atomic E-state index is 0. The number of piperidine rings is 1. The second-order valence-electron chi connectivity index (χ2n) is 8.00. The van der Waals surface area contributed by atoms with Crippen molar-refractivity contribution in [1.29, 1.82) is 0 Å². The molecule has 3 aliphatic rings. The second-order valence-corrected chi connectivity index (χ2v) is 8.00. The van der Waals surface area contributed by atoms with Gasteiger partial charge in [0.25, 0.3) is 0 Å². The Bertz CT molecular complexity index is 400. The van der Waals surface area contributed by atoms with E-state index < -0.39 is 0 Å². The third-order valence-corrected chi connectivity index (χ3v) is 6.23. The van der Waals surface area contributed by atoms with Crippen molar-refractivity contribution in [3.63, 3.8) is 0 Å². The van der Waals surface area contributed by atoms with Gasteiger partial charge < -0.3 is 15.1 Å². The van der Waals surface area contributed by atoms with Crippen molar-refractivity contribution in [2.24, 2.45) is 16.3 Å². The van der Waals surface area contributed by atoms with Crippen LogP contribution in [0.5, 0.6) is 0 Å². The molecule has 0 aromatic rings.